The van der Waals surface area contributed by atoms with E-state index in [0.29, 0.717) is 30.2 Å². The lowest BCUT2D eigenvalue weighted by Crippen LogP contribution is -2.51. The molecule has 1 N–H and O–H groups in total. The Morgan fingerprint density at radius 2 is 1.86 bits per heavy atom. The van der Waals surface area contributed by atoms with Crippen molar-refractivity contribution >= 4 is 11.9 Å². The second-order valence-electron chi connectivity index (χ2n) is 13.1. The minimum Gasteiger partial charge on any atom is -0.462 e. The van der Waals surface area contributed by atoms with Gasteiger partial charge in [-0.1, -0.05) is 32.4 Å². The van der Waals surface area contributed by atoms with Gasteiger partial charge in [0.15, 0.2) is 0 Å². The van der Waals surface area contributed by atoms with Crippen molar-refractivity contribution in [3.63, 3.8) is 0 Å². The number of hydrogen-bond acceptors (Lipinski definition) is 5. The smallest absolute Gasteiger partial charge is 0.302 e. The van der Waals surface area contributed by atoms with Crippen LogP contribution in [0.5, 0.6) is 0 Å². The molecule has 0 bridgehead atoms. The summed E-state index contributed by atoms with van der Waals surface area (Å²) in [4.78, 5) is 22.8. The number of rotatable bonds is 6. The van der Waals surface area contributed by atoms with E-state index in [1.54, 1.807) is 6.92 Å². The van der Waals surface area contributed by atoms with Crippen molar-refractivity contribution in [2.75, 3.05) is 6.54 Å². The first-order valence-electron chi connectivity index (χ1n) is 14.5. The molecule has 202 valence electrons. The lowest BCUT2D eigenvalue weighted by atomic mass is 9.47. The Morgan fingerprint density at radius 3 is 2.59 bits per heavy atom. The molecule has 6 nitrogen and oxygen atoms in total. The molecule has 4 aliphatic carbocycles. The van der Waals surface area contributed by atoms with Crippen molar-refractivity contribution in [3.05, 3.63) is 34.2 Å². The average molecular weight is 508 g/mol. The summed E-state index contributed by atoms with van der Waals surface area (Å²) < 4.78 is 5.62. The second-order valence-corrected chi connectivity index (χ2v) is 13.1. The van der Waals surface area contributed by atoms with E-state index in [4.69, 9.17) is 14.9 Å². The van der Waals surface area contributed by atoms with Gasteiger partial charge in [0.05, 0.1) is 11.4 Å². The molecule has 37 heavy (non-hydrogen) atoms. The van der Waals surface area contributed by atoms with Crippen molar-refractivity contribution < 1.29 is 14.3 Å². The van der Waals surface area contributed by atoms with Crippen LogP contribution < -0.4 is 5.32 Å². The van der Waals surface area contributed by atoms with E-state index in [-0.39, 0.29) is 28.8 Å². The van der Waals surface area contributed by atoms with Crippen molar-refractivity contribution in [2.45, 2.75) is 111 Å². The molecule has 2 fully saturated rings. The first-order chi connectivity index (χ1) is 17.5. The maximum Gasteiger partial charge on any atom is 0.302 e. The molecular formula is C31H45N3O3. The summed E-state index contributed by atoms with van der Waals surface area (Å²) >= 11 is 0. The van der Waals surface area contributed by atoms with Crippen molar-refractivity contribution in [1.29, 1.82) is 0 Å². The molecule has 1 amide bonds. The van der Waals surface area contributed by atoms with Gasteiger partial charge in [0.25, 0.3) is 0 Å². The monoisotopic (exact) mass is 507 g/mol. The summed E-state index contributed by atoms with van der Waals surface area (Å²) in [5, 5.41) is 12.5. The third kappa shape index (κ3) is 4.63. The molecule has 0 radical (unpaired) electrons. The molecule has 0 spiro atoms. The number of nitrogens with zero attached hydrogens (tertiary/aromatic N) is 2. The van der Waals surface area contributed by atoms with Crippen LogP contribution >= 0.6 is 0 Å². The number of hydrogen-bond donors (Lipinski definition) is 1. The Bertz CT molecular complexity index is 1110. The van der Waals surface area contributed by atoms with Crippen LogP contribution in [0.15, 0.2) is 11.6 Å². The molecule has 0 saturated heterocycles. The predicted molar refractivity (Wildman–Crippen MR) is 144 cm³/mol. The topological polar surface area (TPSA) is 81.2 Å². The minimum absolute atomic E-state index is 0.0332. The summed E-state index contributed by atoms with van der Waals surface area (Å²) in [6, 6.07) is 0. The average Bonchev–Trinajstić information content (AvgIpc) is 3.15. The van der Waals surface area contributed by atoms with E-state index >= 15 is 0 Å². The Labute approximate surface area is 222 Å². The van der Waals surface area contributed by atoms with Gasteiger partial charge in [-0.25, -0.2) is 0 Å². The van der Waals surface area contributed by atoms with Crippen molar-refractivity contribution in [2.24, 2.45) is 29.1 Å². The molecule has 6 heteroatoms. The molecule has 4 aliphatic rings. The summed E-state index contributed by atoms with van der Waals surface area (Å²) in [5.41, 5.74) is 7.17. The number of amides is 1. The molecule has 1 aromatic heterocycles. The van der Waals surface area contributed by atoms with Gasteiger partial charge in [0.2, 0.25) is 5.91 Å². The predicted octanol–water partition coefficient (Wildman–Crippen LogP) is 5.40. The van der Waals surface area contributed by atoms with Gasteiger partial charge in [-0.05, 0) is 104 Å². The zero-order valence-electron chi connectivity index (χ0n) is 23.7. The van der Waals surface area contributed by atoms with Crippen LogP contribution in [0.1, 0.15) is 102 Å². The first kappa shape index (κ1) is 26.4. The van der Waals surface area contributed by atoms with Crippen LogP contribution in [0.3, 0.4) is 0 Å². The number of ether oxygens (including phenoxy) is 1. The van der Waals surface area contributed by atoms with E-state index in [9.17, 15) is 9.59 Å². The summed E-state index contributed by atoms with van der Waals surface area (Å²) in [5.74, 6) is 2.28. The number of aromatic nitrogens is 2. The van der Waals surface area contributed by atoms with E-state index in [0.717, 1.165) is 50.6 Å². The second kappa shape index (κ2) is 9.81. The third-order valence-electron chi connectivity index (χ3n) is 10.7. The molecule has 0 aliphatic heterocycles. The lowest BCUT2D eigenvalue weighted by Gasteiger charge is -2.57. The van der Waals surface area contributed by atoms with Gasteiger partial charge in [-0.15, -0.1) is 0 Å². The molecule has 2 saturated carbocycles. The highest BCUT2D eigenvalue weighted by Crippen LogP contribution is 2.64. The normalized spacial score (nSPS) is 34.8. The first-order valence-corrected chi connectivity index (χ1v) is 14.5. The van der Waals surface area contributed by atoms with E-state index < -0.39 is 0 Å². The van der Waals surface area contributed by atoms with Gasteiger partial charge in [0, 0.05) is 26.8 Å². The van der Waals surface area contributed by atoms with Crippen LogP contribution in [0.25, 0.3) is 0 Å². The van der Waals surface area contributed by atoms with Gasteiger partial charge in [-0.2, -0.15) is 10.2 Å². The largest absolute Gasteiger partial charge is 0.462 e. The van der Waals surface area contributed by atoms with Crippen LogP contribution in [0, 0.1) is 36.0 Å². The highest BCUT2D eigenvalue weighted by atomic mass is 16.5. The highest BCUT2D eigenvalue weighted by molar-refractivity contribution is 5.72. The maximum absolute atomic E-state index is 11.6. The number of nitrogens with one attached hydrogen (secondary N) is 1. The molecule has 5 rings (SSSR count). The maximum atomic E-state index is 11.6. The van der Waals surface area contributed by atoms with Crippen molar-refractivity contribution in [1.82, 2.24) is 15.5 Å². The molecule has 0 unspecified atom stereocenters. The van der Waals surface area contributed by atoms with E-state index in [1.807, 2.05) is 0 Å². The number of carbonyl (C=O) groups is 2. The number of carbonyl (C=O) groups excluding carboxylic acids is 2. The van der Waals surface area contributed by atoms with Gasteiger partial charge >= 0.3 is 5.97 Å². The summed E-state index contributed by atoms with van der Waals surface area (Å²) in [6.07, 6.45) is 12.2. The SMILES string of the molecule is CC(=O)NC[C@H](C)CCc1nnc2c(c1C)[C@]1(C)CC[C@@H]3[C@H](CC=C4C[C@H](OC(C)=O)CC[C@@]43C)[C@H]1C2. The molecular weight excluding hydrogens is 462 g/mol. The zero-order valence-corrected chi connectivity index (χ0v) is 23.7. The van der Waals surface area contributed by atoms with E-state index in [2.05, 4.69) is 39.1 Å². The fourth-order valence-corrected chi connectivity index (χ4v) is 8.73. The summed E-state index contributed by atoms with van der Waals surface area (Å²) in [7, 11) is 0. The Balaban J connectivity index is 1.35. The fraction of sp³-hybridized carbons (Fsp3) is 0.742. The van der Waals surface area contributed by atoms with Gasteiger partial charge < -0.3 is 10.1 Å². The number of esters is 1. The highest BCUT2D eigenvalue weighted by Gasteiger charge is 2.58. The van der Waals surface area contributed by atoms with Crippen LogP contribution in [0.4, 0.5) is 0 Å². The standard InChI is InChI=1S/C31H45N3O3/c1-18(17-32-20(3)35)7-10-27-19(2)29-28(34-33-27)16-26-24-9-8-22-15-23(37-21(4)36)11-13-30(22,5)25(24)12-14-31(26,29)6/h8,18,23-26H,7,9-17H2,1-6H3,(H,32,35)/t18-,23-,24+,25-,26-,30+,31-/m1/s1. The fourth-order valence-electron chi connectivity index (χ4n) is 8.73. The molecule has 0 aromatic carbocycles. The van der Waals surface area contributed by atoms with Crippen LogP contribution in [0.2, 0.25) is 0 Å². The molecule has 7 atom stereocenters. The lowest BCUT2D eigenvalue weighted by molar-refractivity contribution is -0.148. The number of fused-ring (bicyclic) bond motifs is 7. The third-order valence-corrected chi connectivity index (χ3v) is 10.7. The molecule has 1 aromatic rings. The van der Waals surface area contributed by atoms with Crippen molar-refractivity contribution in [3.8, 4) is 0 Å². The van der Waals surface area contributed by atoms with Gasteiger partial charge in [-0.3, -0.25) is 9.59 Å². The zero-order chi connectivity index (χ0) is 26.5. The Morgan fingerprint density at radius 1 is 1.11 bits per heavy atom. The number of allylic oxidation sites excluding steroid dienone is 1. The Kier molecular flexibility index (Phi) is 6.99. The van der Waals surface area contributed by atoms with Gasteiger partial charge in [0.1, 0.15) is 6.10 Å². The minimum atomic E-state index is -0.155. The quantitative estimate of drug-likeness (QED) is 0.412. The Hall–Kier alpha value is -2.24. The number of aryl methyl sites for hydroxylation is 1. The molecule has 1 heterocycles. The van der Waals surface area contributed by atoms with E-state index in [1.165, 1.54) is 42.2 Å². The van der Waals surface area contributed by atoms with Crippen LogP contribution in [-0.2, 0) is 32.6 Å². The van der Waals surface area contributed by atoms with Crippen LogP contribution in [-0.4, -0.2) is 34.7 Å². The summed E-state index contributed by atoms with van der Waals surface area (Å²) in [6.45, 7) is 13.3.